The average Bonchev–Trinajstić information content (AvgIpc) is 3.24. The highest BCUT2D eigenvalue weighted by molar-refractivity contribution is 7.92. The fraction of sp³-hybridized carbons (Fsp3) is 0.190. The predicted molar refractivity (Wildman–Crippen MR) is 109 cm³/mol. The molecule has 0 spiro atoms. The van der Waals surface area contributed by atoms with E-state index in [9.17, 15) is 18.3 Å². The van der Waals surface area contributed by atoms with E-state index in [4.69, 9.17) is 4.42 Å². The van der Waals surface area contributed by atoms with Crippen molar-refractivity contribution in [3.63, 3.8) is 0 Å². The maximum Gasteiger partial charge on any atom is 0.261 e. The summed E-state index contributed by atoms with van der Waals surface area (Å²) in [6, 6.07) is 17.2. The number of carbonyl (C=O) groups is 1. The van der Waals surface area contributed by atoms with Gasteiger partial charge in [0.15, 0.2) is 0 Å². The number of furan rings is 1. The first-order chi connectivity index (χ1) is 13.8. The fourth-order valence-corrected chi connectivity index (χ4v) is 3.88. The predicted octanol–water partition coefficient (Wildman–Crippen LogP) is 3.32. The summed E-state index contributed by atoms with van der Waals surface area (Å²) in [6.45, 7) is 1.78. The Labute approximate surface area is 169 Å². The molecular formula is C21H22N2O5S. The number of hydrogen-bond donors (Lipinski definition) is 3. The molecule has 0 radical (unpaired) electrons. The van der Waals surface area contributed by atoms with Gasteiger partial charge in [-0.2, -0.15) is 0 Å². The maximum absolute atomic E-state index is 12.4. The van der Waals surface area contributed by atoms with Crippen LogP contribution in [0.15, 0.2) is 82.3 Å². The zero-order chi connectivity index (χ0) is 20.9. The molecule has 3 N–H and O–H groups in total. The third kappa shape index (κ3) is 5.46. The van der Waals surface area contributed by atoms with Gasteiger partial charge < -0.3 is 14.8 Å². The Bertz CT molecular complexity index is 1030. The van der Waals surface area contributed by atoms with Gasteiger partial charge in [0, 0.05) is 23.7 Å². The Morgan fingerprint density at radius 3 is 2.34 bits per heavy atom. The molecule has 0 unspecified atom stereocenters. The molecule has 29 heavy (non-hydrogen) atoms. The Morgan fingerprint density at radius 1 is 1.03 bits per heavy atom. The molecule has 7 nitrogen and oxygen atoms in total. The summed E-state index contributed by atoms with van der Waals surface area (Å²) in [6.07, 6.45) is 0.971. The molecular weight excluding hydrogens is 392 g/mol. The van der Waals surface area contributed by atoms with Crippen molar-refractivity contribution in [2.45, 2.75) is 30.4 Å². The van der Waals surface area contributed by atoms with Crippen molar-refractivity contribution >= 4 is 21.6 Å². The highest BCUT2D eigenvalue weighted by Gasteiger charge is 2.18. The Kier molecular flexibility index (Phi) is 6.36. The van der Waals surface area contributed by atoms with Crippen molar-refractivity contribution in [3.8, 4) is 0 Å². The normalized spacial score (nSPS) is 13.4. The number of carbonyl (C=O) groups excluding carboxylic acids is 1. The number of rotatable bonds is 8. The van der Waals surface area contributed by atoms with Crippen LogP contribution in [0.3, 0.4) is 0 Å². The summed E-state index contributed by atoms with van der Waals surface area (Å²) in [7, 11) is -3.69. The number of hydrogen-bond acceptors (Lipinski definition) is 5. The lowest BCUT2D eigenvalue weighted by Gasteiger charge is -2.17. The van der Waals surface area contributed by atoms with E-state index >= 15 is 0 Å². The van der Waals surface area contributed by atoms with Crippen LogP contribution in [0.25, 0.3) is 0 Å². The standard InChI is InChI=1S/C21H22N2O5S/c1-15(14-19(24)20-8-5-13-28-20)22-21(25)16-9-11-17(12-10-16)23-29(26,27)18-6-3-2-4-7-18/h2-13,15,19,23-24H,14H2,1H3,(H,22,25)/t15-,19-/m0/s1. The molecule has 2 aromatic carbocycles. The first-order valence-corrected chi connectivity index (χ1v) is 10.5. The monoisotopic (exact) mass is 414 g/mol. The number of aliphatic hydroxyl groups excluding tert-OH is 1. The van der Waals surface area contributed by atoms with E-state index in [2.05, 4.69) is 10.0 Å². The van der Waals surface area contributed by atoms with Crippen LogP contribution >= 0.6 is 0 Å². The van der Waals surface area contributed by atoms with Gasteiger partial charge in [0.25, 0.3) is 15.9 Å². The molecule has 0 fully saturated rings. The van der Waals surface area contributed by atoms with Crippen molar-refractivity contribution in [1.82, 2.24) is 5.32 Å². The van der Waals surface area contributed by atoms with Crippen LogP contribution in [0, 0.1) is 0 Å². The molecule has 1 amide bonds. The summed E-state index contributed by atoms with van der Waals surface area (Å²) in [5.74, 6) is 0.128. The largest absolute Gasteiger partial charge is 0.467 e. The van der Waals surface area contributed by atoms with Gasteiger partial charge >= 0.3 is 0 Å². The topological polar surface area (TPSA) is 109 Å². The molecule has 0 aliphatic rings. The van der Waals surface area contributed by atoms with Gasteiger partial charge in [-0.3, -0.25) is 9.52 Å². The fourth-order valence-electron chi connectivity index (χ4n) is 2.80. The number of sulfonamides is 1. The Hall–Kier alpha value is -3.10. The van der Waals surface area contributed by atoms with Gasteiger partial charge in [-0.1, -0.05) is 18.2 Å². The van der Waals surface area contributed by atoms with Crippen LogP contribution in [0.2, 0.25) is 0 Å². The van der Waals surface area contributed by atoms with Crippen molar-refractivity contribution < 1.29 is 22.7 Å². The minimum Gasteiger partial charge on any atom is -0.467 e. The van der Waals surface area contributed by atoms with Crippen LogP contribution in [0.5, 0.6) is 0 Å². The van der Waals surface area contributed by atoms with Crippen molar-refractivity contribution in [2.24, 2.45) is 0 Å². The van der Waals surface area contributed by atoms with E-state index in [1.807, 2.05) is 0 Å². The zero-order valence-corrected chi connectivity index (χ0v) is 16.6. The first-order valence-electron chi connectivity index (χ1n) is 9.05. The summed E-state index contributed by atoms with van der Waals surface area (Å²) in [4.78, 5) is 12.5. The Balaban J connectivity index is 1.58. The quantitative estimate of drug-likeness (QED) is 0.524. The summed E-state index contributed by atoms with van der Waals surface area (Å²) >= 11 is 0. The molecule has 0 aliphatic heterocycles. The molecule has 0 aliphatic carbocycles. The van der Waals surface area contributed by atoms with Gasteiger partial charge in [0.05, 0.1) is 11.2 Å². The number of anilines is 1. The van der Waals surface area contributed by atoms with Gasteiger partial charge in [-0.15, -0.1) is 0 Å². The molecule has 0 bridgehead atoms. The van der Waals surface area contributed by atoms with Crippen LogP contribution in [-0.4, -0.2) is 25.5 Å². The molecule has 1 heterocycles. The molecule has 3 aromatic rings. The highest BCUT2D eigenvalue weighted by atomic mass is 32.2. The molecule has 2 atom stereocenters. The minimum atomic E-state index is -3.69. The van der Waals surface area contributed by atoms with E-state index in [-0.39, 0.29) is 16.8 Å². The number of benzene rings is 2. The summed E-state index contributed by atoms with van der Waals surface area (Å²) in [5, 5.41) is 12.9. The first kappa shape index (κ1) is 20.6. The number of aliphatic hydroxyl groups is 1. The number of amides is 1. The van der Waals surface area contributed by atoms with Gasteiger partial charge in [0.2, 0.25) is 0 Å². The van der Waals surface area contributed by atoms with E-state index in [0.717, 1.165) is 0 Å². The zero-order valence-electron chi connectivity index (χ0n) is 15.8. The van der Waals surface area contributed by atoms with Gasteiger partial charge in [-0.25, -0.2) is 8.42 Å². The lowest BCUT2D eigenvalue weighted by Crippen LogP contribution is -2.33. The van der Waals surface area contributed by atoms with Crippen molar-refractivity contribution in [1.29, 1.82) is 0 Å². The average molecular weight is 414 g/mol. The Morgan fingerprint density at radius 2 is 1.72 bits per heavy atom. The van der Waals surface area contributed by atoms with E-state index in [1.165, 1.54) is 42.7 Å². The van der Waals surface area contributed by atoms with Gasteiger partial charge in [0.1, 0.15) is 11.9 Å². The minimum absolute atomic E-state index is 0.158. The van der Waals surface area contributed by atoms with Crippen molar-refractivity contribution in [2.75, 3.05) is 4.72 Å². The van der Waals surface area contributed by atoms with Crippen LogP contribution in [0.1, 0.15) is 35.6 Å². The molecule has 152 valence electrons. The lowest BCUT2D eigenvalue weighted by atomic mass is 10.1. The summed E-state index contributed by atoms with van der Waals surface area (Å²) in [5.41, 5.74) is 0.735. The number of nitrogens with one attached hydrogen (secondary N) is 2. The second-order valence-corrected chi connectivity index (χ2v) is 8.32. The van der Waals surface area contributed by atoms with Crippen LogP contribution in [0.4, 0.5) is 5.69 Å². The second kappa shape index (κ2) is 8.93. The molecule has 8 heteroatoms. The van der Waals surface area contributed by atoms with Crippen LogP contribution < -0.4 is 10.0 Å². The van der Waals surface area contributed by atoms with E-state index in [0.29, 0.717) is 23.4 Å². The third-order valence-electron chi connectivity index (χ3n) is 4.28. The van der Waals surface area contributed by atoms with E-state index in [1.54, 1.807) is 37.3 Å². The SMILES string of the molecule is C[C@@H](C[C@H](O)c1ccco1)NC(=O)c1ccc(NS(=O)(=O)c2ccccc2)cc1. The molecule has 3 rings (SSSR count). The smallest absolute Gasteiger partial charge is 0.261 e. The molecule has 1 aromatic heterocycles. The molecule has 0 saturated heterocycles. The molecule has 0 saturated carbocycles. The highest BCUT2D eigenvalue weighted by Crippen LogP contribution is 2.19. The van der Waals surface area contributed by atoms with Gasteiger partial charge in [-0.05, 0) is 55.5 Å². The second-order valence-electron chi connectivity index (χ2n) is 6.64. The summed E-state index contributed by atoms with van der Waals surface area (Å²) < 4.78 is 32.3. The van der Waals surface area contributed by atoms with E-state index < -0.39 is 16.1 Å². The van der Waals surface area contributed by atoms with Crippen LogP contribution in [-0.2, 0) is 10.0 Å². The van der Waals surface area contributed by atoms with Crippen molar-refractivity contribution in [3.05, 3.63) is 84.3 Å². The third-order valence-corrected chi connectivity index (χ3v) is 5.68. The maximum atomic E-state index is 12.4. The lowest BCUT2D eigenvalue weighted by molar-refractivity contribution is 0.0903.